The highest BCUT2D eigenvalue weighted by Crippen LogP contribution is 2.39. The van der Waals surface area contributed by atoms with Crippen LogP contribution in [-0.4, -0.2) is 78.5 Å². The standard InChI is InChI=1S/C14H22N2O12S3/c1-9-6-16(13(18)15-11(9)17)12-10(28-31(4,23)24)5-14(27-12,7-25-29(2,19)20)8-26-30(3,21)22/h6,10,12H,5,7-8H2,1-4H3,(H,15,17,18)/t10-,12-/m1/s1. The first kappa shape index (κ1) is 25.6. The number of rotatable bonds is 9. The van der Waals surface area contributed by atoms with Crippen LogP contribution in [0, 0.1) is 6.92 Å². The Morgan fingerprint density at radius 1 is 1.03 bits per heavy atom. The summed E-state index contributed by atoms with van der Waals surface area (Å²) >= 11 is 0. The molecule has 0 bridgehead atoms. The molecule has 17 heteroatoms. The normalized spacial score (nSPS) is 21.9. The molecular weight excluding hydrogens is 484 g/mol. The van der Waals surface area contributed by atoms with Gasteiger partial charge in [0.15, 0.2) is 6.23 Å². The maximum atomic E-state index is 12.3. The Balaban J connectivity index is 2.55. The molecule has 178 valence electrons. The Labute approximate surface area is 178 Å². The third kappa shape index (κ3) is 7.48. The maximum absolute atomic E-state index is 12.3. The zero-order valence-electron chi connectivity index (χ0n) is 16.9. The fraction of sp³-hybridized carbons (Fsp3) is 0.714. The number of aromatic amines is 1. The lowest BCUT2D eigenvalue weighted by Gasteiger charge is -2.27. The van der Waals surface area contributed by atoms with E-state index in [0.29, 0.717) is 0 Å². The van der Waals surface area contributed by atoms with Crippen LogP contribution in [0.15, 0.2) is 15.8 Å². The molecule has 1 aliphatic rings. The van der Waals surface area contributed by atoms with Crippen LogP contribution in [0.3, 0.4) is 0 Å². The average Bonchev–Trinajstić information content (AvgIpc) is 2.90. The van der Waals surface area contributed by atoms with E-state index in [4.69, 9.17) is 17.3 Å². The summed E-state index contributed by atoms with van der Waals surface area (Å²) in [4.78, 5) is 26.0. The third-order valence-corrected chi connectivity index (χ3v) is 5.74. The van der Waals surface area contributed by atoms with Gasteiger partial charge in [0, 0.05) is 18.2 Å². The van der Waals surface area contributed by atoms with Gasteiger partial charge in [-0.2, -0.15) is 25.3 Å². The third-order valence-electron chi connectivity index (χ3n) is 4.05. The Morgan fingerprint density at radius 2 is 1.55 bits per heavy atom. The molecule has 0 unspecified atom stereocenters. The van der Waals surface area contributed by atoms with Crippen LogP contribution in [-0.2, 0) is 47.6 Å². The molecule has 14 nitrogen and oxygen atoms in total. The van der Waals surface area contributed by atoms with Gasteiger partial charge in [-0.15, -0.1) is 0 Å². The molecule has 1 fully saturated rings. The number of nitrogens with one attached hydrogen (secondary N) is 1. The molecule has 0 aromatic carbocycles. The second-order valence-electron chi connectivity index (χ2n) is 7.15. The van der Waals surface area contributed by atoms with Crippen molar-refractivity contribution in [2.24, 2.45) is 0 Å². The number of hydrogen-bond donors (Lipinski definition) is 1. The fourth-order valence-electron chi connectivity index (χ4n) is 2.82. The highest BCUT2D eigenvalue weighted by Gasteiger charge is 2.51. The van der Waals surface area contributed by atoms with Crippen LogP contribution < -0.4 is 11.2 Å². The first-order chi connectivity index (χ1) is 13.9. The molecule has 31 heavy (non-hydrogen) atoms. The zero-order valence-corrected chi connectivity index (χ0v) is 19.4. The van der Waals surface area contributed by atoms with Crippen molar-refractivity contribution >= 4 is 30.4 Å². The van der Waals surface area contributed by atoms with E-state index in [1.807, 2.05) is 4.98 Å². The minimum Gasteiger partial charge on any atom is -0.344 e. The highest BCUT2D eigenvalue weighted by atomic mass is 32.2. The molecule has 2 atom stereocenters. The van der Waals surface area contributed by atoms with E-state index in [9.17, 15) is 34.8 Å². The van der Waals surface area contributed by atoms with Gasteiger partial charge in [-0.25, -0.2) is 4.79 Å². The molecule has 1 saturated heterocycles. The van der Waals surface area contributed by atoms with Gasteiger partial charge in [0.1, 0.15) is 11.7 Å². The molecule has 0 spiro atoms. The van der Waals surface area contributed by atoms with Crippen molar-refractivity contribution in [3.8, 4) is 0 Å². The quantitative estimate of drug-likeness (QED) is 0.356. The fourth-order valence-corrected chi connectivity index (χ4v) is 4.29. The van der Waals surface area contributed by atoms with Crippen LogP contribution in [0.2, 0.25) is 0 Å². The van der Waals surface area contributed by atoms with Gasteiger partial charge in [0.2, 0.25) is 0 Å². The number of ether oxygens (including phenoxy) is 1. The SMILES string of the molecule is Cc1cn([C@@H]2OC(COS(C)(=O)=O)(COS(C)(=O)=O)C[C@H]2OS(C)(=O)=O)c(=O)[nH]c1=O. The van der Waals surface area contributed by atoms with Gasteiger partial charge < -0.3 is 4.74 Å². The van der Waals surface area contributed by atoms with Crippen molar-refractivity contribution in [3.63, 3.8) is 0 Å². The largest absolute Gasteiger partial charge is 0.344 e. The number of H-pyrrole nitrogens is 1. The molecule has 1 aromatic heterocycles. The average molecular weight is 507 g/mol. The lowest BCUT2D eigenvalue weighted by atomic mass is 10.0. The van der Waals surface area contributed by atoms with Crippen LogP contribution in [0.25, 0.3) is 0 Å². The zero-order chi connectivity index (χ0) is 23.8. The van der Waals surface area contributed by atoms with Gasteiger partial charge in [0.25, 0.3) is 35.9 Å². The Bertz CT molecular complexity index is 1220. The predicted molar refractivity (Wildman–Crippen MR) is 105 cm³/mol. The van der Waals surface area contributed by atoms with Crippen molar-refractivity contribution in [1.29, 1.82) is 0 Å². The molecule has 2 heterocycles. The summed E-state index contributed by atoms with van der Waals surface area (Å²) in [5, 5.41) is 0. The lowest BCUT2D eigenvalue weighted by Crippen LogP contribution is -2.42. The van der Waals surface area contributed by atoms with Crippen LogP contribution in [0.5, 0.6) is 0 Å². The summed E-state index contributed by atoms with van der Waals surface area (Å²) in [6.45, 7) is -0.153. The molecule has 0 radical (unpaired) electrons. The molecule has 1 aromatic rings. The maximum Gasteiger partial charge on any atom is 0.330 e. The predicted octanol–water partition coefficient (Wildman–Crippen LogP) is -2.20. The molecule has 0 aliphatic carbocycles. The van der Waals surface area contributed by atoms with Gasteiger partial charge >= 0.3 is 5.69 Å². The Morgan fingerprint density at radius 3 is 2.00 bits per heavy atom. The molecule has 2 rings (SSSR count). The van der Waals surface area contributed by atoms with Crippen molar-refractivity contribution < 1.29 is 42.5 Å². The van der Waals surface area contributed by atoms with E-state index >= 15 is 0 Å². The number of aromatic nitrogens is 2. The molecule has 0 saturated carbocycles. The van der Waals surface area contributed by atoms with Gasteiger partial charge in [0.05, 0.1) is 32.0 Å². The molecule has 1 aliphatic heterocycles. The second kappa shape index (κ2) is 8.72. The van der Waals surface area contributed by atoms with Gasteiger partial charge in [-0.3, -0.25) is 26.9 Å². The summed E-state index contributed by atoms with van der Waals surface area (Å²) in [5.41, 5.74) is -3.41. The van der Waals surface area contributed by atoms with Crippen LogP contribution in [0.1, 0.15) is 18.2 Å². The molecular formula is C14H22N2O12S3. The summed E-state index contributed by atoms with van der Waals surface area (Å²) < 4.78 is 90.4. The minimum absolute atomic E-state index is 0.0820. The second-order valence-corrected chi connectivity index (χ2v) is 12.0. The summed E-state index contributed by atoms with van der Waals surface area (Å²) in [6.07, 6.45) is -0.0236. The summed E-state index contributed by atoms with van der Waals surface area (Å²) in [7, 11) is -12.1. The Hall–Kier alpha value is -1.63. The van der Waals surface area contributed by atoms with Crippen molar-refractivity contribution in [2.75, 3.05) is 32.0 Å². The van der Waals surface area contributed by atoms with Crippen LogP contribution in [0.4, 0.5) is 0 Å². The minimum atomic E-state index is -4.10. The smallest absolute Gasteiger partial charge is 0.330 e. The first-order valence-electron chi connectivity index (χ1n) is 8.47. The van der Waals surface area contributed by atoms with E-state index < -0.39 is 79.2 Å². The summed E-state index contributed by atoms with van der Waals surface area (Å²) in [5.74, 6) is 0. The van der Waals surface area contributed by atoms with Crippen molar-refractivity contribution in [1.82, 2.24) is 9.55 Å². The van der Waals surface area contributed by atoms with Gasteiger partial charge in [-0.1, -0.05) is 0 Å². The number of nitrogens with zero attached hydrogens (tertiary/aromatic N) is 1. The topological polar surface area (TPSA) is 194 Å². The van der Waals surface area contributed by atoms with Crippen molar-refractivity contribution in [2.45, 2.75) is 31.3 Å². The van der Waals surface area contributed by atoms with Crippen LogP contribution >= 0.6 is 0 Å². The molecule has 1 N–H and O–H groups in total. The molecule has 0 amide bonds. The van der Waals surface area contributed by atoms with Gasteiger partial charge in [-0.05, 0) is 6.92 Å². The van der Waals surface area contributed by atoms with E-state index in [1.165, 1.54) is 6.92 Å². The lowest BCUT2D eigenvalue weighted by molar-refractivity contribution is -0.118. The number of hydrogen-bond acceptors (Lipinski definition) is 12. The van der Waals surface area contributed by atoms with E-state index in [-0.39, 0.29) is 5.56 Å². The number of aryl methyl sites for hydroxylation is 1. The Kier molecular flexibility index (Phi) is 7.21. The van der Waals surface area contributed by atoms with E-state index in [1.54, 1.807) is 0 Å². The van der Waals surface area contributed by atoms with E-state index in [2.05, 4.69) is 0 Å². The monoisotopic (exact) mass is 506 g/mol. The van der Waals surface area contributed by atoms with Crippen molar-refractivity contribution in [3.05, 3.63) is 32.6 Å². The van der Waals surface area contributed by atoms with E-state index in [0.717, 1.165) is 29.5 Å². The highest BCUT2D eigenvalue weighted by molar-refractivity contribution is 7.86. The summed E-state index contributed by atoms with van der Waals surface area (Å²) in [6, 6.07) is 0. The first-order valence-corrected chi connectivity index (χ1v) is 13.9.